The van der Waals surface area contributed by atoms with E-state index in [0.717, 1.165) is 25.6 Å². The molecule has 25 heavy (non-hydrogen) atoms. The topological polar surface area (TPSA) is 25.3 Å². The van der Waals surface area contributed by atoms with Crippen LogP contribution in [0.4, 0.5) is 0 Å². The Balaban J connectivity index is 0.00000312. The molecule has 0 bridgehead atoms. The summed E-state index contributed by atoms with van der Waals surface area (Å²) in [6.45, 7) is 6.53. The molecule has 2 rings (SSSR count). The number of benzene rings is 1. The molecular formula is C19H34IN5. The molecule has 1 fully saturated rings. The molecule has 142 valence electrons. The van der Waals surface area contributed by atoms with Gasteiger partial charge in [0.2, 0.25) is 0 Å². The van der Waals surface area contributed by atoms with Crippen LogP contribution < -0.4 is 0 Å². The fraction of sp³-hybridized carbons (Fsp3) is 0.632. The summed E-state index contributed by atoms with van der Waals surface area (Å²) in [5.74, 6) is 0.993. The Morgan fingerprint density at radius 2 is 1.52 bits per heavy atom. The molecule has 0 saturated carbocycles. The van der Waals surface area contributed by atoms with E-state index >= 15 is 0 Å². The lowest BCUT2D eigenvalue weighted by Crippen LogP contribution is -2.35. The number of aliphatic imine (C=N–C) groups is 1. The van der Waals surface area contributed by atoms with E-state index in [9.17, 15) is 0 Å². The molecule has 6 heteroatoms. The molecule has 1 aliphatic rings. The Labute approximate surface area is 170 Å². The molecule has 1 aromatic rings. The van der Waals surface area contributed by atoms with Crippen molar-refractivity contribution in [1.82, 2.24) is 19.6 Å². The summed E-state index contributed by atoms with van der Waals surface area (Å²) in [4.78, 5) is 13.8. The molecule has 5 nitrogen and oxygen atoms in total. The molecule has 1 heterocycles. The van der Waals surface area contributed by atoms with E-state index in [1.165, 1.54) is 37.2 Å². The number of nitrogens with zero attached hydrogens (tertiary/aromatic N) is 5. The van der Waals surface area contributed by atoms with Crippen LogP contribution in [-0.2, 0) is 13.1 Å². The molecule has 0 amide bonds. The van der Waals surface area contributed by atoms with Crippen LogP contribution in [0.3, 0.4) is 0 Å². The van der Waals surface area contributed by atoms with Crippen molar-refractivity contribution >= 4 is 29.9 Å². The molecule has 0 atom stereocenters. The number of hydrogen-bond acceptors (Lipinski definition) is 3. The first kappa shape index (κ1) is 22.2. The number of hydrogen-bond donors (Lipinski definition) is 0. The summed E-state index contributed by atoms with van der Waals surface area (Å²) >= 11 is 0. The second-order valence-electron chi connectivity index (χ2n) is 7.15. The Kier molecular flexibility index (Phi) is 9.74. The average Bonchev–Trinajstić information content (AvgIpc) is 2.73. The van der Waals surface area contributed by atoms with Gasteiger partial charge in [0.15, 0.2) is 5.96 Å². The Hall–Kier alpha value is -0.860. The molecule has 0 radical (unpaired) electrons. The third-order valence-electron chi connectivity index (χ3n) is 4.44. The van der Waals surface area contributed by atoms with Crippen molar-refractivity contribution in [2.45, 2.75) is 19.5 Å². The standard InChI is InChI=1S/C19H33N5.HI/c1-21(2)19(22(3)4)20-15-17-7-9-18(10-8-17)16-24-12-6-11-23(5)13-14-24;/h7-10H,6,11-16H2,1-5H3;1H. The van der Waals surface area contributed by atoms with E-state index < -0.39 is 0 Å². The molecule has 0 spiro atoms. The largest absolute Gasteiger partial charge is 0.349 e. The number of rotatable bonds is 4. The summed E-state index contributed by atoms with van der Waals surface area (Å²) in [6, 6.07) is 8.94. The number of halogens is 1. The van der Waals surface area contributed by atoms with Crippen molar-refractivity contribution in [2.75, 3.05) is 61.4 Å². The molecular weight excluding hydrogens is 425 g/mol. The predicted molar refractivity (Wildman–Crippen MR) is 118 cm³/mol. The molecule has 0 aliphatic carbocycles. The zero-order valence-electron chi connectivity index (χ0n) is 16.4. The SMILES string of the molecule is CN1CCCN(Cc2ccc(CN=C(N(C)C)N(C)C)cc2)CC1.I. The second kappa shape index (κ2) is 11.0. The normalized spacial score (nSPS) is 15.9. The fourth-order valence-electron chi connectivity index (χ4n) is 3.11. The monoisotopic (exact) mass is 459 g/mol. The van der Waals surface area contributed by atoms with Gasteiger partial charge in [-0.15, -0.1) is 24.0 Å². The third kappa shape index (κ3) is 7.50. The van der Waals surface area contributed by atoms with E-state index in [1.54, 1.807) is 0 Å². The summed E-state index contributed by atoms with van der Waals surface area (Å²) in [5, 5.41) is 0. The Morgan fingerprint density at radius 3 is 2.12 bits per heavy atom. The van der Waals surface area contributed by atoms with Gasteiger partial charge in [-0.05, 0) is 37.7 Å². The highest BCUT2D eigenvalue weighted by Gasteiger charge is 2.12. The molecule has 1 aromatic carbocycles. The van der Waals surface area contributed by atoms with Gasteiger partial charge in [0.25, 0.3) is 0 Å². The van der Waals surface area contributed by atoms with Crippen molar-refractivity contribution in [1.29, 1.82) is 0 Å². The number of guanidine groups is 1. The van der Waals surface area contributed by atoms with Crippen molar-refractivity contribution < 1.29 is 0 Å². The van der Waals surface area contributed by atoms with Crippen LogP contribution in [0.5, 0.6) is 0 Å². The lowest BCUT2D eigenvalue weighted by atomic mass is 10.1. The molecule has 0 aromatic heterocycles. The summed E-state index contributed by atoms with van der Waals surface area (Å²) in [6.07, 6.45) is 1.27. The molecule has 0 N–H and O–H groups in total. The van der Waals surface area contributed by atoms with Gasteiger partial charge in [0.1, 0.15) is 0 Å². The van der Waals surface area contributed by atoms with E-state index in [0.29, 0.717) is 0 Å². The minimum atomic E-state index is 0. The van der Waals surface area contributed by atoms with Crippen LogP contribution in [-0.4, -0.2) is 87.0 Å². The van der Waals surface area contributed by atoms with Crippen molar-refractivity contribution in [2.24, 2.45) is 4.99 Å². The fourth-order valence-corrected chi connectivity index (χ4v) is 3.11. The van der Waals surface area contributed by atoms with Crippen LogP contribution in [0.15, 0.2) is 29.3 Å². The minimum Gasteiger partial charge on any atom is -0.349 e. The van der Waals surface area contributed by atoms with Gasteiger partial charge in [-0.3, -0.25) is 4.90 Å². The van der Waals surface area contributed by atoms with Crippen molar-refractivity contribution in [3.05, 3.63) is 35.4 Å². The van der Waals surface area contributed by atoms with E-state index in [4.69, 9.17) is 4.99 Å². The molecule has 1 aliphatic heterocycles. The maximum atomic E-state index is 4.71. The van der Waals surface area contributed by atoms with Crippen LogP contribution in [0.1, 0.15) is 17.5 Å². The number of likely N-dealkylation sites (N-methyl/N-ethyl adjacent to an activating group) is 1. The zero-order valence-corrected chi connectivity index (χ0v) is 18.7. The lowest BCUT2D eigenvalue weighted by molar-refractivity contribution is 0.269. The Morgan fingerprint density at radius 1 is 0.920 bits per heavy atom. The predicted octanol–water partition coefficient (Wildman–Crippen LogP) is 2.42. The summed E-state index contributed by atoms with van der Waals surface area (Å²) < 4.78 is 0. The average molecular weight is 459 g/mol. The lowest BCUT2D eigenvalue weighted by Gasteiger charge is -2.22. The summed E-state index contributed by atoms with van der Waals surface area (Å²) in [5.41, 5.74) is 2.66. The molecule has 1 saturated heterocycles. The maximum absolute atomic E-state index is 4.71. The zero-order chi connectivity index (χ0) is 17.5. The van der Waals surface area contributed by atoms with Crippen LogP contribution >= 0.6 is 24.0 Å². The Bertz CT molecular complexity index is 517. The van der Waals surface area contributed by atoms with Gasteiger partial charge >= 0.3 is 0 Å². The highest BCUT2D eigenvalue weighted by molar-refractivity contribution is 14.0. The van der Waals surface area contributed by atoms with Gasteiger partial charge in [-0.2, -0.15) is 0 Å². The van der Waals surface area contributed by atoms with Gasteiger partial charge in [-0.25, -0.2) is 4.99 Å². The maximum Gasteiger partial charge on any atom is 0.195 e. The highest BCUT2D eigenvalue weighted by Crippen LogP contribution is 2.11. The molecule has 0 unspecified atom stereocenters. The quantitative estimate of drug-likeness (QED) is 0.393. The van der Waals surface area contributed by atoms with Gasteiger partial charge < -0.3 is 14.7 Å². The van der Waals surface area contributed by atoms with Crippen LogP contribution in [0.2, 0.25) is 0 Å². The van der Waals surface area contributed by atoms with E-state index in [-0.39, 0.29) is 24.0 Å². The smallest absolute Gasteiger partial charge is 0.195 e. The highest BCUT2D eigenvalue weighted by atomic mass is 127. The van der Waals surface area contributed by atoms with E-state index in [1.807, 2.05) is 38.0 Å². The van der Waals surface area contributed by atoms with E-state index in [2.05, 4.69) is 41.1 Å². The van der Waals surface area contributed by atoms with Gasteiger partial charge in [0.05, 0.1) is 6.54 Å². The van der Waals surface area contributed by atoms with Crippen molar-refractivity contribution in [3.8, 4) is 0 Å². The van der Waals surface area contributed by atoms with Crippen LogP contribution in [0, 0.1) is 0 Å². The summed E-state index contributed by atoms with van der Waals surface area (Å²) in [7, 11) is 10.3. The first-order valence-corrected chi connectivity index (χ1v) is 8.83. The second-order valence-corrected chi connectivity index (χ2v) is 7.15. The third-order valence-corrected chi connectivity index (χ3v) is 4.44. The van der Waals surface area contributed by atoms with Crippen LogP contribution in [0.25, 0.3) is 0 Å². The first-order valence-electron chi connectivity index (χ1n) is 8.83. The van der Waals surface area contributed by atoms with Crippen molar-refractivity contribution in [3.63, 3.8) is 0 Å². The first-order chi connectivity index (χ1) is 11.5. The van der Waals surface area contributed by atoms with Gasteiger partial charge in [0, 0.05) is 47.8 Å². The van der Waals surface area contributed by atoms with Gasteiger partial charge in [-0.1, -0.05) is 24.3 Å². The minimum absolute atomic E-state index is 0.